The fourth-order valence-corrected chi connectivity index (χ4v) is 9.18. The summed E-state index contributed by atoms with van der Waals surface area (Å²) in [4.78, 5) is 0. The van der Waals surface area contributed by atoms with Crippen molar-refractivity contribution in [2.45, 2.75) is 84.4 Å². The lowest BCUT2D eigenvalue weighted by atomic mass is 9.73. The van der Waals surface area contributed by atoms with Gasteiger partial charge in [-0.1, -0.05) is 80.4 Å². The molecule has 0 aliphatic heterocycles. The van der Waals surface area contributed by atoms with E-state index in [1.54, 1.807) is 0 Å². The predicted octanol–water partition coefficient (Wildman–Crippen LogP) is 4.23. The average molecular weight is 358 g/mol. The summed E-state index contributed by atoms with van der Waals surface area (Å²) in [5, 5.41) is 19.7. The predicted molar refractivity (Wildman–Crippen MR) is 113 cm³/mol. The Labute approximate surface area is 156 Å². The zero-order valence-electron chi connectivity index (χ0n) is 17.4. The molecule has 1 aromatic rings. The van der Waals surface area contributed by atoms with Gasteiger partial charge in [-0.05, 0) is 39.1 Å². The Hall–Kier alpha value is -1.02. The van der Waals surface area contributed by atoms with Crippen LogP contribution in [0.5, 0.6) is 0 Å². The second kappa shape index (κ2) is 8.12. The van der Waals surface area contributed by atoms with Crippen LogP contribution >= 0.6 is 0 Å². The maximum absolute atomic E-state index is 9.85. The topological polar surface area (TPSA) is 40.5 Å². The zero-order chi connectivity index (χ0) is 19.6. The number of benzene rings is 1. The minimum Gasteiger partial charge on any atom is -0.423 e. The van der Waals surface area contributed by atoms with Gasteiger partial charge in [-0.3, -0.25) is 0 Å². The summed E-state index contributed by atoms with van der Waals surface area (Å²) >= 11 is 0. The summed E-state index contributed by atoms with van der Waals surface area (Å²) in [6.45, 7) is 20.1. The summed E-state index contributed by atoms with van der Waals surface area (Å²) in [5.41, 5.74) is 7.62. The first kappa shape index (κ1) is 22.0. The summed E-state index contributed by atoms with van der Waals surface area (Å²) in [7, 11) is -3.34. The highest BCUT2D eigenvalue weighted by atomic mass is 28.3. The van der Waals surface area contributed by atoms with Crippen LogP contribution in [-0.2, 0) is 5.41 Å². The molecule has 0 atom stereocenters. The van der Waals surface area contributed by atoms with Gasteiger partial charge in [0.15, 0.2) is 0 Å². The summed E-state index contributed by atoms with van der Waals surface area (Å²) < 4.78 is 0. The van der Waals surface area contributed by atoms with Gasteiger partial charge in [0.25, 0.3) is 0 Å². The third kappa shape index (κ3) is 4.79. The van der Waals surface area contributed by atoms with E-state index in [0.29, 0.717) is 22.1 Å². The number of hydrogen-bond donors (Lipinski definition) is 2. The Morgan fingerprint density at radius 2 is 1.40 bits per heavy atom. The molecule has 0 amide bonds. The average Bonchev–Trinajstić information content (AvgIpc) is 2.45. The third-order valence-corrected chi connectivity index (χ3v) is 11.8. The molecule has 0 saturated heterocycles. The molecule has 2 N–H and O–H groups in total. The van der Waals surface area contributed by atoms with E-state index in [1.165, 1.54) is 0 Å². The molecule has 2 nitrogen and oxygen atoms in total. The Morgan fingerprint density at radius 1 is 0.920 bits per heavy atom. The lowest BCUT2D eigenvalue weighted by Crippen LogP contribution is -2.43. The molecule has 0 aliphatic carbocycles. The standard InChI is InChI=1S/C21H35BO2Si/c1-15(2)25(16(3)4,17(5)6)13-12-18-10-11-19(21(7,8)9)14-20(18)22(23)24/h10-11,14-17,23-24H,1-9H3. The highest BCUT2D eigenvalue weighted by Crippen LogP contribution is 2.40. The van der Waals surface area contributed by atoms with E-state index in [1.807, 2.05) is 12.1 Å². The van der Waals surface area contributed by atoms with Gasteiger partial charge in [0.05, 0.1) is 0 Å². The highest BCUT2D eigenvalue weighted by molar-refractivity contribution is 6.90. The van der Waals surface area contributed by atoms with Crippen molar-refractivity contribution in [2.75, 3.05) is 0 Å². The van der Waals surface area contributed by atoms with E-state index < -0.39 is 15.2 Å². The molecular formula is C21H35BO2Si. The maximum atomic E-state index is 9.85. The fourth-order valence-electron chi connectivity index (χ4n) is 3.97. The lowest BCUT2D eigenvalue weighted by molar-refractivity contribution is 0.425. The lowest BCUT2D eigenvalue weighted by Gasteiger charge is -2.38. The second-order valence-electron chi connectivity index (χ2n) is 9.07. The molecule has 0 saturated carbocycles. The molecule has 0 aromatic heterocycles. The Bertz CT molecular complexity index is 624. The van der Waals surface area contributed by atoms with Crippen LogP contribution in [0.25, 0.3) is 0 Å². The van der Waals surface area contributed by atoms with Crippen LogP contribution < -0.4 is 5.46 Å². The van der Waals surface area contributed by atoms with Crippen LogP contribution in [0.2, 0.25) is 16.6 Å². The van der Waals surface area contributed by atoms with E-state index in [-0.39, 0.29) is 5.41 Å². The summed E-state index contributed by atoms with van der Waals surface area (Å²) in [6.07, 6.45) is 0. The van der Waals surface area contributed by atoms with Crippen molar-refractivity contribution in [1.82, 2.24) is 0 Å². The van der Waals surface area contributed by atoms with Crippen LogP contribution in [0.15, 0.2) is 18.2 Å². The van der Waals surface area contributed by atoms with Crippen molar-refractivity contribution >= 4 is 20.7 Å². The highest BCUT2D eigenvalue weighted by Gasteiger charge is 2.41. The van der Waals surface area contributed by atoms with Gasteiger partial charge in [-0.25, -0.2) is 0 Å². The van der Waals surface area contributed by atoms with Crippen LogP contribution in [0.3, 0.4) is 0 Å². The van der Waals surface area contributed by atoms with Crippen molar-refractivity contribution in [3.8, 4) is 11.5 Å². The van der Waals surface area contributed by atoms with Crippen molar-refractivity contribution in [2.24, 2.45) is 0 Å². The van der Waals surface area contributed by atoms with Crippen LogP contribution in [-0.4, -0.2) is 25.2 Å². The largest absolute Gasteiger partial charge is 0.489 e. The van der Waals surface area contributed by atoms with Gasteiger partial charge < -0.3 is 10.0 Å². The SMILES string of the molecule is CC(C)[Si](C#Cc1ccc(C(C)(C)C)cc1B(O)O)(C(C)C)C(C)C. The number of hydrogen-bond acceptors (Lipinski definition) is 2. The van der Waals surface area contributed by atoms with Gasteiger partial charge in [-0.15, -0.1) is 5.54 Å². The molecule has 1 aromatic carbocycles. The Kier molecular flexibility index (Phi) is 7.15. The van der Waals surface area contributed by atoms with Crippen LogP contribution in [0.1, 0.15) is 73.4 Å². The van der Waals surface area contributed by atoms with E-state index in [4.69, 9.17) is 0 Å². The summed E-state index contributed by atoms with van der Waals surface area (Å²) in [6, 6.07) is 5.89. The first-order valence-electron chi connectivity index (χ1n) is 9.37. The van der Waals surface area contributed by atoms with Crippen LogP contribution in [0, 0.1) is 11.5 Å². The van der Waals surface area contributed by atoms with E-state index in [2.05, 4.69) is 79.8 Å². The third-order valence-electron chi connectivity index (χ3n) is 5.48. The molecule has 0 radical (unpaired) electrons. The molecule has 0 spiro atoms. The van der Waals surface area contributed by atoms with Crippen LogP contribution in [0.4, 0.5) is 0 Å². The van der Waals surface area contributed by atoms with E-state index in [0.717, 1.165) is 11.1 Å². The minimum absolute atomic E-state index is 0.0398. The van der Waals surface area contributed by atoms with Crippen molar-refractivity contribution in [1.29, 1.82) is 0 Å². The molecule has 0 unspecified atom stereocenters. The van der Waals surface area contributed by atoms with Gasteiger partial charge in [-0.2, -0.15) is 0 Å². The van der Waals surface area contributed by atoms with Gasteiger partial charge in [0.1, 0.15) is 8.07 Å². The molecule has 0 heterocycles. The molecule has 4 heteroatoms. The molecule has 0 aliphatic rings. The quantitative estimate of drug-likeness (QED) is 0.625. The van der Waals surface area contributed by atoms with E-state index >= 15 is 0 Å². The van der Waals surface area contributed by atoms with Gasteiger partial charge in [0, 0.05) is 5.56 Å². The van der Waals surface area contributed by atoms with Gasteiger partial charge >= 0.3 is 7.12 Å². The first-order valence-corrected chi connectivity index (χ1v) is 11.6. The molecule has 0 bridgehead atoms. The molecule has 1 rings (SSSR count). The fraction of sp³-hybridized carbons (Fsp3) is 0.619. The molecule has 0 fully saturated rings. The van der Waals surface area contributed by atoms with Crippen molar-refractivity contribution in [3.63, 3.8) is 0 Å². The van der Waals surface area contributed by atoms with E-state index in [9.17, 15) is 10.0 Å². The Morgan fingerprint density at radius 3 is 1.76 bits per heavy atom. The minimum atomic E-state index is -1.84. The Balaban J connectivity index is 3.51. The van der Waals surface area contributed by atoms with Crippen molar-refractivity contribution < 1.29 is 10.0 Å². The number of rotatable bonds is 4. The molecular weight excluding hydrogens is 323 g/mol. The first-order chi connectivity index (χ1) is 11.3. The van der Waals surface area contributed by atoms with Gasteiger partial charge in [0.2, 0.25) is 0 Å². The second-order valence-corrected chi connectivity index (χ2v) is 14.7. The molecule has 25 heavy (non-hydrogen) atoms. The molecule has 138 valence electrons. The monoisotopic (exact) mass is 358 g/mol. The maximum Gasteiger partial charge on any atom is 0.489 e. The van der Waals surface area contributed by atoms with Crippen molar-refractivity contribution in [3.05, 3.63) is 29.3 Å². The smallest absolute Gasteiger partial charge is 0.423 e. The zero-order valence-corrected chi connectivity index (χ0v) is 18.4. The summed E-state index contributed by atoms with van der Waals surface area (Å²) in [5.74, 6) is 3.35. The normalized spacial score (nSPS) is 12.6.